The van der Waals surface area contributed by atoms with Crippen molar-refractivity contribution in [3.8, 4) is 0 Å². The molecule has 0 unspecified atom stereocenters. The molecule has 0 saturated carbocycles. The molecule has 0 aliphatic carbocycles. The van der Waals surface area contributed by atoms with Crippen molar-refractivity contribution in [2.45, 2.75) is 13.5 Å². The quantitative estimate of drug-likeness (QED) is 0.867. The van der Waals surface area contributed by atoms with Crippen molar-refractivity contribution < 1.29 is 0 Å². The summed E-state index contributed by atoms with van der Waals surface area (Å²) in [5.74, 6) is 0. The fraction of sp³-hybridized carbons (Fsp3) is 0.231. The largest absolute Gasteiger partial charge is 0.383 e. The molecule has 0 atom stereocenters. The maximum atomic E-state index is 11.4. The second kappa shape index (κ2) is 5.30. The van der Waals surface area contributed by atoms with Gasteiger partial charge in [0.25, 0.3) is 5.56 Å². The van der Waals surface area contributed by atoms with Crippen LogP contribution in [0, 0.1) is 6.92 Å². The maximum absolute atomic E-state index is 11.4. The van der Waals surface area contributed by atoms with Gasteiger partial charge in [0.1, 0.15) is 0 Å². The van der Waals surface area contributed by atoms with Gasteiger partial charge in [0.2, 0.25) is 0 Å². The van der Waals surface area contributed by atoms with Crippen molar-refractivity contribution >= 4 is 5.69 Å². The van der Waals surface area contributed by atoms with E-state index in [-0.39, 0.29) is 5.56 Å². The van der Waals surface area contributed by atoms with Gasteiger partial charge in [-0.2, -0.15) is 0 Å². The second-order valence-electron chi connectivity index (χ2n) is 3.85. The number of benzene rings is 1. The Balaban J connectivity index is 1.95. The summed E-state index contributed by atoms with van der Waals surface area (Å²) in [4.78, 5) is 15.3. The van der Waals surface area contributed by atoms with Crippen molar-refractivity contribution in [3.05, 3.63) is 58.8 Å². The zero-order valence-electron chi connectivity index (χ0n) is 9.76. The van der Waals surface area contributed by atoms with Crippen LogP contribution in [-0.4, -0.2) is 16.1 Å². The molecule has 2 aromatic rings. The first kappa shape index (κ1) is 11.4. The number of nitrogens with one attached hydrogen (secondary N) is 1. The molecule has 1 aromatic carbocycles. The Kier molecular flexibility index (Phi) is 3.55. The van der Waals surface area contributed by atoms with Crippen LogP contribution in [0.1, 0.15) is 5.56 Å². The maximum Gasteiger partial charge on any atom is 0.253 e. The SMILES string of the molecule is Cc1ccccc1NCCn1cnccc1=O. The number of rotatable bonds is 4. The van der Waals surface area contributed by atoms with Gasteiger partial charge in [0.05, 0.1) is 6.33 Å². The predicted octanol–water partition coefficient (Wildman–Crippen LogP) is 1.66. The third-order valence-corrected chi connectivity index (χ3v) is 2.61. The Morgan fingerprint density at radius 3 is 2.88 bits per heavy atom. The summed E-state index contributed by atoms with van der Waals surface area (Å²) in [5, 5.41) is 3.30. The first-order chi connectivity index (χ1) is 8.27. The Morgan fingerprint density at radius 1 is 1.29 bits per heavy atom. The number of aryl methyl sites for hydroxylation is 1. The number of anilines is 1. The number of hydrogen-bond acceptors (Lipinski definition) is 3. The number of nitrogens with zero attached hydrogens (tertiary/aromatic N) is 2. The molecule has 0 spiro atoms. The van der Waals surface area contributed by atoms with E-state index >= 15 is 0 Å². The first-order valence-corrected chi connectivity index (χ1v) is 5.57. The van der Waals surface area contributed by atoms with Gasteiger partial charge in [-0.25, -0.2) is 4.98 Å². The summed E-state index contributed by atoms with van der Waals surface area (Å²) in [6.45, 7) is 3.37. The number of aromatic nitrogens is 2. The molecular formula is C13H15N3O. The van der Waals surface area contributed by atoms with E-state index in [1.807, 2.05) is 18.2 Å². The molecule has 17 heavy (non-hydrogen) atoms. The van der Waals surface area contributed by atoms with Gasteiger partial charge in [0, 0.05) is 31.0 Å². The van der Waals surface area contributed by atoms with Gasteiger partial charge < -0.3 is 5.32 Å². The van der Waals surface area contributed by atoms with Crippen molar-refractivity contribution in [2.24, 2.45) is 0 Å². The molecule has 0 aliphatic heterocycles. The molecule has 0 aliphatic rings. The number of para-hydroxylation sites is 1. The van der Waals surface area contributed by atoms with E-state index in [1.54, 1.807) is 10.9 Å². The fourth-order valence-electron chi connectivity index (χ4n) is 1.63. The lowest BCUT2D eigenvalue weighted by molar-refractivity contribution is 0.680. The van der Waals surface area contributed by atoms with E-state index in [9.17, 15) is 4.79 Å². The highest BCUT2D eigenvalue weighted by Crippen LogP contribution is 2.12. The van der Waals surface area contributed by atoms with Crippen LogP contribution in [0.5, 0.6) is 0 Å². The van der Waals surface area contributed by atoms with Crippen LogP contribution in [0.25, 0.3) is 0 Å². The lowest BCUT2D eigenvalue weighted by atomic mass is 10.2. The van der Waals surface area contributed by atoms with Gasteiger partial charge in [0.15, 0.2) is 0 Å². The average molecular weight is 229 g/mol. The molecule has 0 bridgehead atoms. The van der Waals surface area contributed by atoms with Crippen molar-refractivity contribution in [1.82, 2.24) is 9.55 Å². The lowest BCUT2D eigenvalue weighted by Gasteiger charge is -2.09. The fourth-order valence-corrected chi connectivity index (χ4v) is 1.63. The number of hydrogen-bond donors (Lipinski definition) is 1. The Labute approximate surface area is 99.9 Å². The monoisotopic (exact) mass is 229 g/mol. The Bertz CT molecular complexity index is 548. The van der Waals surface area contributed by atoms with Crippen LogP contribution in [-0.2, 0) is 6.54 Å². The van der Waals surface area contributed by atoms with Crippen LogP contribution < -0.4 is 10.9 Å². The summed E-state index contributed by atoms with van der Waals surface area (Å²) in [7, 11) is 0. The van der Waals surface area contributed by atoms with Crippen LogP contribution in [0.4, 0.5) is 5.69 Å². The third kappa shape index (κ3) is 2.93. The van der Waals surface area contributed by atoms with Crippen molar-refractivity contribution in [2.75, 3.05) is 11.9 Å². The van der Waals surface area contributed by atoms with Gasteiger partial charge in [-0.1, -0.05) is 18.2 Å². The molecule has 0 fully saturated rings. The first-order valence-electron chi connectivity index (χ1n) is 5.57. The van der Waals surface area contributed by atoms with Crippen LogP contribution >= 0.6 is 0 Å². The van der Waals surface area contributed by atoms with Crippen LogP contribution in [0.3, 0.4) is 0 Å². The van der Waals surface area contributed by atoms with Crippen molar-refractivity contribution in [1.29, 1.82) is 0 Å². The Morgan fingerprint density at radius 2 is 2.12 bits per heavy atom. The summed E-state index contributed by atoms with van der Waals surface area (Å²) >= 11 is 0. The average Bonchev–Trinajstić information content (AvgIpc) is 2.34. The predicted molar refractivity (Wildman–Crippen MR) is 68.2 cm³/mol. The molecule has 1 N–H and O–H groups in total. The molecule has 0 radical (unpaired) electrons. The van der Waals surface area contributed by atoms with Crippen LogP contribution in [0.15, 0.2) is 47.7 Å². The second-order valence-corrected chi connectivity index (χ2v) is 3.85. The molecule has 0 saturated heterocycles. The smallest absolute Gasteiger partial charge is 0.253 e. The zero-order valence-corrected chi connectivity index (χ0v) is 9.76. The van der Waals surface area contributed by atoms with E-state index in [1.165, 1.54) is 17.8 Å². The minimum absolute atomic E-state index is 0.0217. The molecule has 1 aromatic heterocycles. The van der Waals surface area contributed by atoms with E-state index in [2.05, 4.69) is 23.3 Å². The topological polar surface area (TPSA) is 46.9 Å². The minimum Gasteiger partial charge on any atom is -0.383 e. The Hall–Kier alpha value is -2.10. The highest BCUT2D eigenvalue weighted by Gasteiger charge is 1.97. The summed E-state index contributed by atoms with van der Waals surface area (Å²) in [5.41, 5.74) is 2.28. The van der Waals surface area contributed by atoms with Gasteiger partial charge in [-0.05, 0) is 18.6 Å². The van der Waals surface area contributed by atoms with Gasteiger partial charge in [-0.3, -0.25) is 9.36 Å². The van der Waals surface area contributed by atoms with E-state index in [4.69, 9.17) is 0 Å². The highest BCUT2D eigenvalue weighted by atomic mass is 16.1. The van der Waals surface area contributed by atoms with E-state index in [0.29, 0.717) is 13.1 Å². The zero-order chi connectivity index (χ0) is 12.1. The summed E-state index contributed by atoms with van der Waals surface area (Å²) < 4.78 is 1.59. The van der Waals surface area contributed by atoms with E-state index in [0.717, 1.165) is 5.69 Å². The normalized spacial score (nSPS) is 10.2. The molecule has 88 valence electrons. The molecule has 1 heterocycles. The summed E-state index contributed by atoms with van der Waals surface area (Å²) in [6.07, 6.45) is 3.06. The molecule has 0 amide bonds. The summed E-state index contributed by atoms with van der Waals surface area (Å²) in [6, 6.07) is 9.55. The molecule has 2 rings (SSSR count). The lowest BCUT2D eigenvalue weighted by Crippen LogP contribution is -2.22. The van der Waals surface area contributed by atoms with E-state index < -0.39 is 0 Å². The standard InChI is InChI=1S/C13H15N3O/c1-11-4-2-3-5-12(11)15-8-9-16-10-14-7-6-13(16)17/h2-7,10,15H,8-9H2,1H3. The minimum atomic E-state index is -0.0217. The third-order valence-electron chi connectivity index (χ3n) is 2.61. The van der Waals surface area contributed by atoms with Gasteiger partial charge >= 0.3 is 0 Å². The van der Waals surface area contributed by atoms with Crippen LogP contribution in [0.2, 0.25) is 0 Å². The molecular weight excluding hydrogens is 214 g/mol. The van der Waals surface area contributed by atoms with Crippen molar-refractivity contribution in [3.63, 3.8) is 0 Å². The molecule has 4 heteroatoms. The van der Waals surface area contributed by atoms with Gasteiger partial charge in [-0.15, -0.1) is 0 Å². The molecule has 4 nitrogen and oxygen atoms in total. The highest BCUT2D eigenvalue weighted by molar-refractivity contribution is 5.49.